The van der Waals surface area contributed by atoms with E-state index in [0.29, 0.717) is 6.04 Å². The molecule has 0 bridgehead atoms. The van der Waals surface area contributed by atoms with Crippen LogP contribution in [0.1, 0.15) is 13.3 Å². The van der Waals surface area contributed by atoms with Gasteiger partial charge in [-0.2, -0.15) is 0 Å². The van der Waals surface area contributed by atoms with E-state index in [1.54, 1.807) is 7.11 Å². The topological polar surface area (TPSA) is 30.5 Å². The van der Waals surface area contributed by atoms with Crippen molar-refractivity contribution in [2.24, 2.45) is 0 Å². The van der Waals surface area contributed by atoms with Crippen LogP contribution in [-0.2, 0) is 4.74 Å². The number of hydrogen-bond donors (Lipinski definition) is 1. The van der Waals surface area contributed by atoms with E-state index in [1.807, 2.05) is 24.3 Å². The Kier molecular flexibility index (Phi) is 3.11. The van der Waals surface area contributed by atoms with E-state index in [4.69, 9.17) is 9.47 Å². The van der Waals surface area contributed by atoms with Crippen molar-refractivity contribution in [3.05, 3.63) is 24.3 Å². The zero-order valence-electron chi connectivity index (χ0n) is 9.19. The number of methoxy groups -OCH3 is 1. The lowest BCUT2D eigenvalue weighted by atomic mass is 10.1. The highest BCUT2D eigenvalue weighted by atomic mass is 16.5. The molecule has 1 aromatic carbocycles. The Balaban J connectivity index is 2.09. The maximum absolute atomic E-state index is 5.51. The van der Waals surface area contributed by atoms with Crippen molar-refractivity contribution in [3.63, 3.8) is 0 Å². The van der Waals surface area contributed by atoms with Crippen LogP contribution in [0.2, 0.25) is 0 Å². The van der Waals surface area contributed by atoms with Gasteiger partial charge in [0.1, 0.15) is 5.75 Å². The van der Waals surface area contributed by atoms with Gasteiger partial charge in [0, 0.05) is 6.61 Å². The summed E-state index contributed by atoms with van der Waals surface area (Å²) in [6, 6.07) is 8.36. The monoisotopic (exact) mass is 207 g/mol. The van der Waals surface area contributed by atoms with E-state index in [2.05, 4.69) is 12.2 Å². The van der Waals surface area contributed by atoms with Crippen molar-refractivity contribution in [3.8, 4) is 5.75 Å². The first-order valence-corrected chi connectivity index (χ1v) is 5.32. The third-order valence-corrected chi connectivity index (χ3v) is 2.82. The molecule has 1 saturated heterocycles. The summed E-state index contributed by atoms with van der Waals surface area (Å²) >= 11 is 0. The molecule has 2 rings (SSSR count). The largest absolute Gasteiger partial charge is 0.495 e. The fourth-order valence-electron chi connectivity index (χ4n) is 1.88. The molecule has 1 N–H and O–H groups in total. The molecule has 0 aromatic heterocycles. The standard InChI is InChI=1S/C12H17NO2/c1-9-10(7-8-15-9)13-11-5-3-4-6-12(11)14-2/h3-6,9-10,13H,7-8H2,1-2H3. The van der Waals surface area contributed by atoms with E-state index in [9.17, 15) is 0 Å². The first kappa shape index (κ1) is 10.3. The summed E-state index contributed by atoms with van der Waals surface area (Å²) in [6.07, 6.45) is 1.33. The van der Waals surface area contributed by atoms with Gasteiger partial charge in [-0.3, -0.25) is 0 Å². The number of hydrogen-bond acceptors (Lipinski definition) is 3. The average molecular weight is 207 g/mol. The average Bonchev–Trinajstić information content (AvgIpc) is 2.65. The molecular weight excluding hydrogens is 190 g/mol. The van der Waals surface area contributed by atoms with Crippen molar-refractivity contribution in [1.29, 1.82) is 0 Å². The summed E-state index contributed by atoms with van der Waals surface area (Å²) in [5, 5.41) is 3.46. The number of benzene rings is 1. The minimum atomic E-state index is 0.273. The molecule has 1 aliphatic rings. The van der Waals surface area contributed by atoms with Gasteiger partial charge in [-0.05, 0) is 25.5 Å². The lowest BCUT2D eigenvalue weighted by Gasteiger charge is -2.19. The van der Waals surface area contributed by atoms with Crippen LogP contribution in [0.25, 0.3) is 0 Å². The third-order valence-electron chi connectivity index (χ3n) is 2.82. The van der Waals surface area contributed by atoms with Crippen molar-refractivity contribution in [2.75, 3.05) is 19.0 Å². The maximum Gasteiger partial charge on any atom is 0.141 e. The molecule has 1 fully saturated rings. The highest BCUT2D eigenvalue weighted by Gasteiger charge is 2.24. The fraction of sp³-hybridized carbons (Fsp3) is 0.500. The summed E-state index contributed by atoms with van der Waals surface area (Å²) in [5.41, 5.74) is 1.04. The number of ether oxygens (including phenoxy) is 2. The smallest absolute Gasteiger partial charge is 0.141 e. The van der Waals surface area contributed by atoms with Gasteiger partial charge < -0.3 is 14.8 Å². The normalized spacial score (nSPS) is 25.2. The van der Waals surface area contributed by atoms with Crippen LogP contribution in [0.3, 0.4) is 0 Å². The van der Waals surface area contributed by atoms with Crippen molar-refractivity contribution < 1.29 is 9.47 Å². The first-order valence-electron chi connectivity index (χ1n) is 5.32. The third kappa shape index (κ3) is 2.23. The van der Waals surface area contributed by atoms with Gasteiger partial charge in [0.25, 0.3) is 0 Å². The number of nitrogens with one attached hydrogen (secondary N) is 1. The molecule has 0 saturated carbocycles. The van der Waals surface area contributed by atoms with Crippen molar-refractivity contribution in [1.82, 2.24) is 0 Å². The van der Waals surface area contributed by atoms with E-state index < -0.39 is 0 Å². The van der Waals surface area contributed by atoms with Gasteiger partial charge in [0.15, 0.2) is 0 Å². The van der Waals surface area contributed by atoms with E-state index >= 15 is 0 Å². The van der Waals surface area contributed by atoms with Crippen LogP contribution in [0.5, 0.6) is 5.75 Å². The summed E-state index contributed by atoms with van der Waals surface area (Å²) < 4.78 is 10.8. The van der Waals surface area contributed by atoms with E-state index in [0.717, 1.165) is 24.5 Å². The molecule has 2 unspecified atom stereocenters. The van der Waals surface area contributed by atoms with E-state index in [1.165, 1.54) is 0 Å². The van der Waals surface area contributed by atoms with Gasteiger partial charge >= 0.3 is 0 Å². The van der Waals surface area contributed by atoms with Crippen LogP contribution in [0.15, 0.2) is 24.3 Å². The summed E-state index contributed by atoms with van der Waals surface area (Å²) in [5.74, 6) is 0.886. The second-order valence-corrected chi connectivity index (χ2v) is 3.82. The fourth-order valence-corrected chi connectivity index (χ4v) is 1.88. The molecule has 0 spiro atoms. The number of para-hydroxylation sites is 2. The second-order valence-electron chi connectivity index (χ2n) is 3.82. The molecule has 3 nitrogen and oxygen atoms in total. The highest BCUT2D eigenvalue weighted by Crippen LogP contribution is 2.26. The van der Waals surface area contributed by atoms with E-state index in [-0.39, 0.29) is 6.10 Å². The Morgan fingerprint density at radius 3 is 2.87 bits per heavy atom. The molecule has 15 heavy (non-hydrogen) atoms. The van der Waals surface area contributed by atoms with Crippen molar-refractivity contribution in [2.45, 2.75) is 25.5 Å². The Bertz CT molecular complexity index is 327. The molecule has 2 atom stereocenters. The number of rotatable bonds is 3. The first-order chi connectivity index (χ1) is 7.31. The predicted molar refractivity (Wildman–Crippen MR) is 60.4 cm³/mol. The van der Waals surface area contributed by atoms with Gasteiger partial charge in [-0.25, -0.2) is 0 Å². The summed E-state index contributed by atoms with van der Waals surface area (Å²) in [7, 11) is 1.69. The Hall–Kier alpha value is -1.22. The highest BCUT2D eigenvalue weighted by molar-refractivity contribution is 5.56. The zero-order valence-corrected chi connectivity index (χ0v) is 9.19. The van der Waals surface area contributed by atoms with Gasteiger partial charge in [-0.15, -0.1) is 0 Å². The zero-order chi connectivity index (χ0) is 10.7. The van der Waals surface area contributed by atoms with Gasteiger partial charge in [0.05, 0.1) is 24.9 Å². The van der Waals surface area contributed by atoms with Crippen LogP contribution >= 0.6 is 0 Å². The molecule has 82 valence electrons. The van der Waals surface area contributed by atoms with Gasteiger partial charge in [0.2, 0.25) is 0 Å². The van der Waals surface area contributed by atoms with Crippen LogP contribution in [0.4, 0.5) is 5.69 Å². The minimum absolute atomic E-state index is 0.273. The predicted octanol–water partition coefficient (Wildman–Crippen LogP) is 2.28. The lowest BCUT2D eigenvalue weighted by Crippen LogP contribution is -2.26. The quantitative estimate of drug-likeness (QED) is 0.824. The number of anilines is 1. The van der Waals surface area contributed by atoms with Crippen LogP contribution in [-0.4, -0.2) is 25.9 Å². The van der Waals surface area contributed by atoms with Crippen LogP contribution < -0.4 is 10.1 Å². The van der Waals surface area contributed by atoms with Gasteiger partial charge in [-0.1, -0.05) is 12.1 Å². The summed E-state index contributed by atoms with van der Waals surface area (Å²) in [6.45, 7) is 2.94. The molecule has 0 radical (unpaired) electrons. The second kappa shape index (κ2) is 4.53. The Morgan fingerprint density at radius 1 is 1.40 bits per heavy atom. The SMILES string of the molecule is COc1ccccc1NC1CCOC1C. The molecule has 1 aromatic rings. The Labute approximate surface area is 90.4 Å². The Morgan fingerprint density at radius 2 is 2.20 bits per heavy atom. The van der Waals surface area contributed by atoms with Crippen LogP contribution in [0, 0.1) is 0 Å². The minimum Gasteiger partial charge on any atom is -0.495 e. The molecule has 0 aliphatic carbocycles. The maximum atomic E-state index is 5.51. The molecule has 3 heteroatoms. The van der Waals surface area contributed by atoms with Crippen molar-refractivity contribution >= 4 is 5.69 Å². The molecular formula is C12H17NO2. The molecule has 1 aliphatic heterocycles. The summed E-state index contributed by atoms with van der Waals surface area (Å²) in [4.78, 5) is 0. The lowest BCUT2D eigenvalue weighted by molar-refractivity contribution is 0.121. The molecule has 1 heterocycles. The molecule has 0 amide bonds.